The molecule has 6 nitrogen and oxygen atoms in total. The van der Waals surface area contributed by atoms with E-state index in [4.69, 9.17) is 0 Å². The fourth-order valence-electron chi connectivity index (χ4n) is 2.51. The van der Waals surface area contributed by atoms with Crippen molar-refractivity contribution in [3.8, 4) is 0 Å². The van der Waals surface area contributed by atoms with Crippen LogP contribution in [0.2, 0.25) is 0 Å². The minimum absolute atomic E-state index is 0.113. The summed E-state index contributed by atoms with van der Waals surface area (Å²) in [6.45, 7) is 3.34. The van der Waals surface area contributed by atoms with Gasteiger partial charge >= 0.3 is 0 Å². The van der Waals surface area contributed by atoms with Crippen molar-refractivity contribution in [2.24, 2.45) is 0 Å². The van der Waals surface area contributed by atoms with Crippen LogP contribution >= 0.6 is 0 Å². The first-order valence-corrected chi connectivity index (χ1v) is 7.64. The lowest BCUT2D eigenvalue weighted by Crippen LogP contribution is -2.02. The van der Waals surface area contributed by atoms with Gasteiger partial charge in [0.15, 0.2) is 0 Å². The number of rotatable bonds is 6. The van der Waals surface area contributed by atoms with Gasteiger partial charge < -0.3 is 9.88 Å². The van der Waals surface area contributed by atoms with E-state index in [-0.39, 0.29) is 10.6 Å². The maximum Gasteiger partial charge on any atom is 0.269 e. The molecule has 6 heteroatoms. The monoisotopic (exact) mass is 322 g/mol. The Morgan fingerprint density at radius 2 is 1.92 bits per heavy atom. The van der Waals surface area contributed by atoms with E-state index in [1.54, 1.807) is 24.7 Å². The Morgan fingerprint density at radius 1 is 1.17 bits per heavy atom. The molecule has 122 valence electrons. The lowest BCUT2D eigenvalue weighted by atomic mass is 10.1. The second-order valence-corrected chi connectivity index (χ2v) is 5.66. The van der Waals surface area contributed by atoms with E-state index >= 15 is 0 Å². The van der Waals surface area contributed by atoms with Crippen molar-refractivity contribution in [3.05, 3.63) is 88.0 Å². The number of nitro groups is 1. The molecular weight excluding hydrogens is 304 g/mol. The standard InChI is InChI=1S/C18H18N4O2/c1-14-10-17(22(23)24)6-7-18(14)20-11-15-2-4-16(5-3-15)12-21-9-8-19-13-21/h2-10,13,20H,11-12H2,1H3. The second-order valence-electron chi connectivity index (χ2n) is 5.66. The van der Waals surface area contributed by atoms with Crippen molar-refractivity contribution in [3.63, 3.8) is 0 Å². The zero-order chi connectivity index (χ0) is 16.9. The number of benzene rings is 2. The molecule has 24 heavy (non-hydrogen) atoms. The van der Waals surface area contributed by atoms with E-state index in [2.05, 4.69) is 34.6 Å². The average Bonchev–Trinajstić information content (AvgIpc) is 3.08. The molecular formula is C18H18N4O2. The van der Waals surface area contributed by atoms with Crippen LogP contribution in [-0.4, -0.2) is 14.5 Å². The van der Waals surface area contributed by atoms with Crippen LogP contribution in [0.4, 0.5) is 11.4 Å². The minimum Gasteiger partial charge on any atom is -0.381 e. The van der Waals surface area contributed by atoms with Gasteiger partial charge in [-0.3, -0.25) is 10.1 Å². The third-order valence-corrected chi connectivity index (χ3v) is 3.85. The molecule has 0 aliphatic rings. The number of anilines is 1. The molecule has 0 saturated heterocycles. The number of aryl methyl sites for hydroxylation is 1. The fourth-order valence-corrected chi connectivity index (χ4v) is 2.51. The molecule has 2 aromatic carbocycles. The Hall–Kier alpha value is -3.15. The molecule has 0 aliphatic heterocycles. The molecule has 0 amide bonds. The van der Waals surface area contributed by atoms with Crippen molar-refractivity contribution < 1.29 is 4.92 Å². The summed E-state index contributed by atoms with van der Waals surface area (Å²) in [7, 11) is 0. The van der Waals surface area contributed by atoms with Crippen LogP contribution in [0.15, 0.2) is 61.2 Å². The molecule has 1 heterocycles. The third-order valence-electron chi connectivity index (χ3n) is 3.85. The Labute approximate surface area is 139 Å². The number of imidazole rings is 1. The highest BCUT2D eigenvalue weighted by Crippen LogP contribution is 2.21. The van der Waals surface area contributed by atoms with E-state index < -0.39 is 0 Å². The summed E-state index contributed by atoms with van der Waals surface area (Å²) in [5.41, 5.74) is 4.25. The van der Waals surface area contributed by atoms with Crippen LogP contribution in [0.25, 0.3) is 0 Å². The van der Waals surface area contributed by atoms with Gasteiger partial charge in [-0.15, -0.1) is 0 Å². The maximum absolute atomic E-state index is 10.8. The number of hydrogen-bond acceptors (Lipinski definition) is 4. The Kier molecular flexibility index (Phi) is 4.56. The van der Waals surface area contributed by atoms with Crippen LogP contribution in [0.1, 0.15) is 16.7 Å². The van der Waals surface area contributed by atoms with Crippen LogP contribution in [0.3, 0.4) is 0 Å². The van der Waals surface area contributed by atoms with Gasteiger partial charge in [-0.05, 0) is 29.7 Å². The summed E-state index contributed by atoms with van der Waals surface area (Å²) in [4.78, 5) is 14.4. The van der Waals surface area contributed by atoms with Gasteiger partial charge in [-0.25, -0.2) is 4.98 Å². The van der Waals surface area contributed by atoms with Crippen LogP contribution in [-0.2, 0) is 13.1 Å². The predicted molar refractivity (Wildman–Crippen MR) is 92.9 cm³/mol. The van der Waals surface area contributed by atoms with Crippen molar-refractivity contribution in [1.82, 2.24) is 9.55 Å². The van der Waals surface area contributed by atoms with Crippen LogP contribution < -0.4 is 5.32 Å². The summed E-state index contributed by atoms with van der Waals surface area (Å²) < 4.78 is 2.02. The van der Waals surface area contributed by atoms with Crippen molar-refractivity contribution in [1.29, 1.82) is 0 Å². The van der Waals surface area contributed by atoms with E-state index in [1.807, 2.05) is 17.7 Å². The van der Waals surface area contributed by atoms with Crippen LogP contribution in [0, 0.1) is 17.0 Å². The first-order valence-electron chi connectivity index (χ1n) is 7.64. The van der Waals surface area contributed by atoms with E-state index in [0.717, 1.165) is 23.4 Å². The Morgan fingerprint density at radius 3 is 2.54 bits per heavy atom. The first-order chi connectivity index (χ1) is 11.6. The number of nitrogens with one attached hydrogen (secondary N) is 1. The van der Waals surface area contributed by atoms with Crippen LogP contribution in [0.5, 0.6) is 0 Å². The number of aromatic nitrogens is 2. The number of non-ortho nitro benzene ring substituents is 1. The second kappa shape index (κ2) is 6.95. The van der Waals surface area contributed by atoms with E-state index in [1.165, 1.54) is 11.6 Å². The molecule has 0 bridgehead atoms. The summed E-state index contributed by atoms with van der Waals surface area (Å²) in [5.74, 6) is 0. The molecule has 3 aromatic rings. The highest BCUT2D eigenvalue weighted by Gasteiger charge is 2.07. The molecule has 0 aliphatic carbocycles. The molecule has 0 radical (unpaired) electrons. The Balaban J connectivity index is 1.61. The van der Waals surface area contributed by atoms with Gasteiger partial charge in [0.25, 0.3) is 5.69 Å². The number of nitrogens with zero attached hydrogens (tertiary/aromatic N) is 3. The predicted octanol–water partition coefficient (Wildman–Crippen LogP) is 3.76. The van der Waals surface area contributed by atoms with Crippen molar-refractivity contribution in [2.45, 2.75) is 20.0 Å². The molecule has 3 rings (SSSR count). The van der Waals surface area contributed by atoms with Gasteiger partial charge in [0.2, 0.25) is 0 Å². The number of nitro benzene ring substituents is 1. The van der Waals surface area contributed by atoms with Crippen molar-refractivity contribution in [2.75, 3.05) is 5.32 Å². The molecule has 0 unspecified atom stereocenters. The molecule has 1 aromatic heterocycles. The lowest BCUT2D eigenvalue weighted by molar-refractivity contribution is -0.384. The zero-order valence-electron chi connectivity index (χ0n) is 13.3. The highest BCUT2D eigenvalue weighted by atomic mass is 16.6. The summed E-state index contributed by atoms with van der Waals surface area (Å²) in [6, 6.07) is 13.2. The SMILES string of the molecule is Cc1cc([N+](=O)[O-])ccc1NCc1ccc(Cn2ccnc2)cc1. The molecule has 1 N–H and O–H groups in total. The fraction of sp³-hybridized carbons (Fsp3) is 0.167. The lowest BCUT2D eigenvalue weighted by Gasteiger charge is -2.10. The Bertz CT molecular complexity index is 827. The average molecular weight is 322 g/mol. The summed E-state index contributed by atoms with van der Waals surface area (Å²) in [5, 5.41) is 14.1. The summed E-state index contributed by atoms with van der Waals surface area (Å²) in [6.07, 6.45) is 5.50. The molecule has 0 saturated carbocycles. The van der Waals surface area contributed by atoms with E-state index in [9.17, 15) is 10.1 Å². The smallest absolute Gasteiger partial charge is 0.269 e. The largest absolute Gasteiger partial charge is 0.381 e. The van der Waals surface area contributed by atoms with Gasteiger partial charge in [-0.1, -0.05) is 24.3 Å². The van der Waals surface area contributed by atoms with Gasteiger partial charge in [0, 0.05) is 43.3 Å². The third kappa shape index (κ3) is 3.78. The maximum atomic E-state index is 10.8. The van der Waals surface area contributed by atoms with Gasteiger partial charge in [0.05, 0.1) is 11.3 Å². The normalized spacial score (nSPS) is 10.5. The quantitative estimate of drug-likeness (QED) is 0.554. The topological polar surface area (TPSA) is 73.0 Å². The van der Waals surface area contributed by atoms with Crippen molar-refractivity contribution >= 4 is 11.4 Å². The minimum atomic E-state index is -0.379. The first kappa shape index (κ1) is 15.7. The number of hydrogen-bond donors (Lipinski definition) is 1. The highest BCUT2D eigenvalue weighted by molar-refractivity contribution is 5.55. The molecule has 0 fully saturated rings. The van der Waals surface area contributed by atoms with E-state index in [0.29, 0.717) is 6.54 Å². The van der Waals surface area contributed by atoms with Gasteiger partial charge in [0.1, 0.15) is 0 Å². The zero-order valence-corrected chi connectivity index (χ0v) is 13.3. The molecule has 0 atom stereocenters. The molecule has 0 spiro atoms. The summed E-state index contributed by atoms with van der Waals surface area (Å²) >= 11 is 0. The van der Waals surface area contributed by atoms with Gasteiger partial charge in [-0.2, -0.15) is 0 Å².